The zero-order valence-corrected chi connectivity index (χ0v) is 21.0. The number of amidine groups is 1. The van der Waals surface area contributed by atoms with E-state index < -0.39 is 11.6 Å². The SMILES string of the molecule is COc1ccc(C2=C(C)CCOC(CC3CCC=C4N=C(c5cccc(F)c5F)N=C4C=NC3)=C2)cc1. The van der Waals surface area contributed by atoms with E-state index in [0.717, 1.165) is 48.8 Å². The number of fused-ring (bicyclic) bond motifs is 1. The number of rotatable bonds is 5. The third-order valence-electron chi connectivity index (χ3n) is 6.82. The number of nitrogens with zero attached hydrogens (tertiary/aromatic N) is 3. The van der Waals surface area contributed by atoms with E-state index in [9.17, 15) is 8.78 Å². The van der Waals surface area contributed by atoms with Gasteiger partial charge >= 0.3 is 0 Å². The highest BCUT2D eigenvalue weighted by atomic mass is 19.2. The summed E-state index contributed by atoms with van der Waals surface area (Å²) in [6.45, 7) is 3.43. The van der Waals surface area contributed by atoms with Gasteiger partial charge in [0, 0.05) is 25.6 Å². The molecule has 0 fully saturated rings. The van der Waals surface area contributed by atoms with Crippen LogP contribution in [0.5, 0.6) is 5.75 Å². The fourth-order valence-corrected chi connectivity index (χ4v) is 4.71. The number of hydrogen-bond acceptors (Lipinski definition) is 5. The maximum Gasteiger partial charge on any atom is 0.169 e. The first kappa shape index (κ1) is 24.8. The first-order valence-corrected chi connectivity index (χ1v) is 12.5. The third kappa shape index (κ3) is 5.61. The van der Waals surface area contributed by atoms with Crippen LogP contribution in [0.4, 0.5) is 8.78 Å². The summed E-state index contributed by atoms with van der Waals surface area (Å²) >= 11 is 0. The van der Waals surface area contributed by atoms with Crippen molar-refractivity contribution in [1.82, 2.24) is 0 Å². The topological polar surface area (TPSA) is 55.5 Å². The quantitative estimate of drug-likeness (QED) is 0.457. The van der Waals surface area contributed by atoms with Crippen LogP contribution in [0.2, 0.25) is 0 Å². The van der Waals surface area contributed by atoms with Gasteiger partial charge in [0.25, 0.3) is 0 Å². The van der Waals surface area contributed by atoms with Crippen molar-refractivity contribution in [3.05, 3.63) is 94.4 Å². The summed E-state index contributed by atoms with van der Waals surface area (Å²) in [7, 11) is 1.67. The summed E-state index contributed by atoms with van der Waals surface area (Å²) in [5, 5.41) is 0. The Bertz CT molecular complexity index is 1370. The summed E-state index contributed by atoms with van der Waals surface area (Å²) < 4.78 is 39.4. The van der Waals surface area contributed by atoms with Crippen molar-refractivity contribution >= 4 is 23.3 Å². The minimum Gasteiger partial charge on any atom is -0.498 e. The average molecular weight is 502 g/mol. The molecule has 7 heteroatoms. The monoisotopic (exact) mass is 501 g/mol. The summed E-state index contributed by atoms with van der Waals surface area (Å²) in [5.41, 5.74) is 4.91. The Kier molecular flexibility index (Phi) is 7.40. The maximum absolute atomic E-state index is 14.2. The van der Waals surface area contributed by atoms with Crippen LogP contribution in [0, 0.1) is 17.6 Å². The largest absolute Gasteiger partial charge is 0.498 e. The van der Waals surface area contributed by atoms with Crippen LogP contribution < -0.4 is 4.74 Å². The lowest BCUT2D eigenvalue weighted by atomic mass is 9.95. The van der Waals surface area contributed by atoms with E-state index in [0.29, 0.717) is 30.5 Å². The molecule has 0 amide bonds. The molecule has 5 nitrogen and oxygen atoms in total. The summed E-state index contributed by atoms with van der Waals surface area (Å²) in [6.07, 6.45) is 9.19. The highest BCUT2D eigenvalue weighted by molar-refractivity contribution is 6.42. The van der Waals surface area contributed by atoms with E-state index in [1.807, 2.05) is 18.2 Å². The number of allylic oxidation sites excluding steroid dienone is 5. The average Bonchev–Trinajstić information content (AvgIpc) is 3.24. The predicted molar refractivity (Wildman–Crippen MR) is 143 cm³/mol. The van der Waals surface area contributed by atoms with Gasteiger partial charge in [-0.1, -0.05) is 29.8 Å². The van der Waals surface area contributed by atoms with Crippen molar-refractivity contribution in [1.29, 1.82) is 0 Å². The second-order valence-electron chi connectivity index (χ2n) is 9.40. The second-order valence-corrected chi connectivity index (χ2v) is 9.40. The molecule has 37 heavy (non-hydrogen) atoms. The Labute approximate surface area is 215 Å². The van der Waals surface area contributed by atoms with Crippen molar-refractivity contribution in [2.24, 2.45) is 20.9 Å². The molecule has 2 aromatic carbocycles. The van der Waals surface area contributed by atoms with Gasteiger partial charge in [-0.05, 0) is 67.2 Å². The van der Waals surface area contributed by atoms with E-state index in [-0.39, 0.29) is 11.4 Å². The summed E-state index contributed by atoms with van der Waals surface area (Å²) in [5.74, 6) is 0.409. The van der Waals surface area contributed by atoms with E-state index >= 15 is 0 Å². The van der Waals surface area contributed by atoms with Gasteiger partial charge < -0.3 is 9.47 Å². The van der Waals surface area contributed by atoms with Crippen molar-refractivity contribution in [3.8, 4) is 5.75 Å². The van der Waals surface area contributed by atoms with E-state index in [1.54, 1.807) is 13.3 Å². The van der Waals surface area contributed by atoms with Crippen LogP contribution in [0.25, 0.3) is 5.57 Å². The minimum atomic E-state index is -0.940. The van der Waals surface area contributed by atoms with Gasteiger partial charge in [-0.2, -0.15) is 0 Å². The fourth-order valence-electron chi connectivity index (χ4n) is 4.71. The van der Waals surface area contributed by atoms with Gasteiger partial charge in [-0.3, -0.25) is 4.99 Å². The molecule has 3 aliphatic heterocycles. The Morgan fingerprint density at radius 2 is 1.92 bits per heavy atom. The van der Waals surface area contributed by atoms with Gasteiger partial charge in [-0.15, -0.1) is 0 Å². The fraction of sp³-hybridized carbons (Fsp3) is 0.300. The molecule has 3 heterocycles. The lowest BCUT2D eigenvalue weighted by Gasteiger charge is -2.16. The van der Waals surface area contributed by atoms with Crippen LogP contribution in [-0.2, 0) is 4.74 Å². The third-order valence-corrected chi connectivity index (χ3v) is 6.82. The predicted octanol–water partition coefficient (Wildman–Crippen LogP) is 6.71. The second kappa shape index (κ2) is 11.0. The number of methoxy groups -OCH3 is 1. The standard InChI is InChI=1S/C30H29F2N3O2/c1-19-13-14-37-23(16-25(19)21-9-11-22(36-2)12-10-21)15-20-5-3-8-27-28(18-33-17-20)35-30(34-27)24-6-4-7-26(31)29(24)32/h4,6-12,16,18,20H,3,5,13-15,17H2,1-2H3. The van der Waals surface area contributed by atoms with Crippen LogP contribution >= 0.6 is 0 Å². The molecule has 0 N–H and O–H groups in total. The van der Waals surface area contributed by atoms with Crippen molar-refractivity contribution in [3.63, 3.8) is 0 Å². The van der Waals surface area contributed by atoms with Crippen molar-refractivity contribution in [2.75, 3.05) is 20.3 Å². The molecule has 1 unspecified atom stereocenters. The minimum absolute atomic E-state index is 0.0534. The van der Waals surface area contributed by atoms with Gasteiger partial charge in [0.1, 0.15) is 11.5 Å². The zero-order chi connectivity index (χ0) is 25.8. The Balaban J connectivity index is 1.31. The molecule has 0 aliphatic carbocycles. The molecule has 0 bridgehead atoms. The van der Waals surface area contributed by atoms with Gasteiger partial charge in [0.15, 0.2) is 17.5 Å². The smallest absolute Gasteiger partial charge is 0.169 e. The molecule has 5 rings (SSSR count). The van der Waals surface area contributed by atoms with Crippen LogP contribution in [0.15, 0.2) is 86.6 Å². The highest BCUT2D eigenvalue weighted by Gasteiger charge is 2.22. The molecular weight excluding hydrogens is 472 g/mol. The Hall–Kier alpha value is -3.87. The van der Waals surface area contributed by atoms with E-state index in [4.69, 9.17) is 9.47 Å². The molecule has 0 saturated carbocycles. The molecule has 0 spiro atoms. The Morgan fingerprint density at radius 3 is 2.73 bits per heavy atom. The zero-order valence-electron chi connectivity index (χ0n) is 21.0. The number of aliphatic imine (C=N–C) groups is 3. The van der Waals surface area contributed by atoms with Crippen LogP contribution in [0.1, 0.15) is 43.7 Å². The number of benzene rings is 2. The molecule has 1 atom stereocenters. The van der Waals surface area contributed by atoms with Gasteiger partial charge in [-0.25, -0.2) is 18.8 Å². The lowest BCUT2D eigenvalue weighted by molar-refractivity contribution is 0.196. The first-order chi connectivity index (χ1) is 18.0. The summed E-state index contributed by atoms with van der Waals surface area (Å²) in [4.78, 5) is 13.5. The van der Waals surface area contributed by atoms with Crippen molar-refractivity contribution < 1.29 is 18.3 Å². The van der Waals surface area contributed by atoms with Gasteiger partial charge in [0.2, 0.25) is 0 Å². The highest BCUT2D eigenvalue weighted by Crippen LogP contribution is 2.31. The lowest BCUT2D eigenvalue weighted by Crippen LogP contribution is -2.08. The molecule has 3 aliphatic rings. The van der Waals surface area contributed by atoms with Crippen LogP contribution in [0.3, 0.4) is 0 Å². The number of ether oxygens (including phenoxy) is 2. The van der Waals surface area contributed by atoms with Crippen LogP contribution in [-0.4, -0.2) is 38.0 Å². The Morgan fingerprint density at radius 1 is 1.08 bits per heavy atom. The van der Waals surface area contributed by atoms with Crippen molar-refractivity contribution in [2.45, 2.75) is 32.6 Å². The normalized spacial score (nSPS) is 19.8. The van der Waals surface area contributed by atoms with E-state index in [2.05, 4.69) is 40.1 Å². The molecule has 190 valence electrons. The molecule has 0 aromatic heterocycles. The van der Waals surface area contributed by atoms with Gasteiger partial charge in [0.05, 0.1) is 30.7 Å². The summed E-state index contributed by atoms with van der Waals surface area (Å²) in [6, 6.07) is 12.1. The molecular formula is C30H29F2N3O2. The molecule has 2 aromatic rings. The molecule has 0 radical (unpaired) electrons. The van der Waals surface area contributed by atoms with E-state index in [1.165, 1.54) is 23.3 Å². The maximum atomic E-state index is 14.2. The first-order valence-electron chi connectivity index (χ1n) is 12.5. The number of hydrogen-bond donors (Lipinski definition) is 0. The number of halogens is 2. The molecule has 0 saturated heterocycles.